The lowest BCUT2D eigenvalue weighted by Crippen LogP contribution is -2.62. The number of allylic oxidation sites excluding steroid dienone is 2. The summed E-state index contributed by atoms with van der Waals surface area (Å²) in [6.45, 7) is 6.61. The normalized spacial score (nSPS) is 42.6. The van der Waals surface area contributed by atoms with Crippen LogP contribution in [0, 0.1) is 16.7 Å². The molecule has 0 aliphatic heterocycles. The molecule has 2 bridgehead atoms. The van der Waals surface area contributed by atoms with E-state index < -0.39 is 11.3 Å². The van der Waals surface area contributed by atoms with E-state index in [-0.39, 0.29) is 28.5 Å². The van der Waals surface area contributed by atoms with Crippen LogP contribution in [0.15, 0.2) is 35.9 Å². The Kier molecular flexibility index (Phi) is 3.00. The van der Waals surface area contributed by atoms with Crippen LogP contribution in [-0.4, -0.2) is 22.8 Å². The molecule has 3 heteroatoms. The Hall–Kier alpha value is -1.74. The number of benzene rings is 1. The summed E-state index contributed by atoms with van der Waals surface area (Å²) >= 11 is 0. The standard InChI is InChI=1S/C23H26O3/c1-21(2)16-8-11-23-15-7-5-4-6-13(15)14(19(25)20(23)26)12-17(23)22(16,3)10-9-18(21)24/h4-7,12,14,16,18,24H,8-11H2,1-3H3/t14-,16-,18-,22-,23-/m0/s1. The molecular formula is C23H26O3. The van der Waals surface area contributed by atoms with Crippen LogP contribution in [-0.2, 0) is 15.0 Å². The zero-order valence-corrected chi connectivity index (χ0v) is 15.7. The van der Waals surface area contributed by atoms with Crippen molar-refractivity contribution in [1.82, 2.24) is 0 Å². The van der Waals surface area contributed by atoms with Crippen molar-refractivity contribution in [3.8, 4) is 0 Å². The first-order valence-corrected chi connectivity index (χ1v) is 9.83. The van der Waals surface area contributed by atoms with Crippen molar-refractivity contribution < 1.29 is 14.7 Å². The average molecular weight is 350 g/mol. The van der Waals surface area contributed by atoms with Crippen LogP contribution in [0.3, 0.4) is 0 Å². The van der Waals surface area contributed by atoms with Crippen molar-refractivity contribution in [3.63, 3.8) is 0 Å². The number of fused-ring (bicyclic) bond motifs is 2. The molecule has 0 saturated heterocycles. The molecule has 1 spiro atoms. The van der Waals surface area contributed by atoms with Gasteiger partial charge in [-0.3, -0.25) is 9.59 Å². The van der Waals surface area contributed by atoms with Crippen LogP contribution in [0.5, 0.6) is 0 Å². The first-order chi connectivity index (χ1) is 12.2. The van der Waals surface area contributed by atoms with E-state index in [0.717, 1.165) is 30.4 Å². The number of rotatable bonds is 0. The SMILES string of the molecule is CC1(C)[C@@H](O)CC[C@]2(C)C3=C[C@@H]4C(=O)C(=O)[C@@]3(CC[C@@H]12)c1ccccc14. The Morgan fingerprint density at radius 2 is 1.77 bits per heavy atom. The van der Waals surface area contributed by atoms with Gasteiger partial charge in [0.2, 0.25) is 11.6 Å². The lowest BCUT2D eigenvalue weighted by atomic mass is 9.40. The van der Waals surface area contributed by atoms with Crippen LogP contribution in [0.25, 0.3) is 0 Å². The van der Waals surface area contributed by atoms with Gasteiger partial charge in [0.25, 0.3) is 0 Å². The summed E-state index contributed by atoms with van der Waals surface area (Å²) in [5.41, 5.74) is 2.19. The quantitative estimate of drug-likeness (QED) is 0.573. The third-order valence-corrected chi connectivity index (χ3v) is 8.33. The Morgan fingerprint density at radius 1 is 1.04 bits per heavy atom. The minimum atomic E-state index is -0.758. The Morgan fingerprint density at radius 3 is 2.54 bits per heavy atom. The summed E-state index contributed by atoms with van der Waals surface area (Å²) in [7, 11) is 0. The van der Waals surface area contributed by atoms with Crippen molar-refractivity contribution in [2.24, 2.45) is 16.7 Å². The molecule has 0 unspecified atom stereocenters. The van der Waals surface area contributed by atoms with E-state index in [1.54, 1.807) is 0 Å². The monoisotopic (exact) mass is 350 g/mol. The number of hydrogen-bond acceptors (Lipinski definition) is 3. The summed E-state index contributed by atoms with van der Waals surface area (Å²) in [4.78, 5) is 26.1. The molecule has 1 aromatic rings. The molecule has 0 heterocycles. The minimum absolute atomic E-state index is 0.136. The van der Waals surface area contributed by atoms with Crippen LogP contribution < -0.4 is 0 Å². The molecule has 3 nitrogen and oxygen atoms in total. The van der Waals surface area contributed by atoms with Gasteiger partial charge in [-0.15, -0.1) is 0 Å². The topological polar surface area (TPSA) is 54.4 Å². The van der Waals surface area contributed by atoms with Gasteiger partial charge in [0.15, 0.2) is 0 Å². The third kappa shape index (κ3) is 1.60. The smallest absolute Gasteiger partial charge is 0.213 e. The Labute approximate surface area is 154 Å². The van der Waals surface area contributed by atoms with Crippen molar-refractivity contribution in [2.75, 3.05) is 0 Å². The average Bonchev–Trinajstić information content (AvgIpc) is 2.62. The molecule has 2 saturated carbocycles. The van der Waals surface area contributed by atoms with Gasteiger partial charge in [0, 0.05) is 0 Å². The molecule has 0 amide bonds. The highest BCUT2D eigenvalue weighted by molar-refractivity contribution is 6.46. The molecule has 1 N–H and O–H groups in total. The fourth-order valence-corrected chi connectivity index (χ4v) is 6.98. The molecule has 136 valence electrons. The van der Waals surface area contributed by atoms with Crippen molar-refractivity contribution in [1.29, 1.82) is 0 Å². The van der Waals surface area contributed by atoms with Gasteiger partial charge >= 0.3 is 0 Å². The summed E-state index contributed by atoms with van der Waals surface area (Å²) in [5, 5.41) is 10.6. The molecule has 2 fully saturated rings. The number of carbonyl (C=O) groups excluding carboxylic acids is 2. The number of carbonyl (C=O) groups is 2. The fraction of sp³-hybridized carbons (Fsp3) is 0.565. The number of aliphatic hydroxyl groups is 1. The Bertz CT molecular complexity index is 879. The molecule has 6 rings (SSSR count). The van der Waals surface area contributed by atoms with Gasteiger partial charge < -0.3 is 5.11 Å². The fourth-order valence-electron chi connectivity index (χ4n) is 6.98. The molecule has 1 aromatic carbocycles. The van der Waals surface area contributed by atoms with Gasteiger partial charge in [0.1, 0.15) is 0 Å². The van der Waals surface area contributed by atoms with E-state index in [1.165, 1.54) is 5.57 Å². The Balaban J connectivity index is 1.76. The predicted octanol–water partition coefficient (Wildman–Crippen LogP) is 3.70. The van der Waals surface area contributed by atoms with E-state index in [0.29, 0.717) is 12.3 Å². The highest BCUT2D eigenvalue weighted by atomic mass is 16.3. The molecular weight excluding hydrogens is 324 g/mol. The second kappa shape index (κ2) is 4.75. The largest absolute Gasteiger partial charge is 0.393 e. The van der Waals surface area contributed by atoms with Crippen LogP contribution >= 0.6 is 0 Å². The van der Waals surface area contributed by atoms with E-state index in [1.807, 2.05) is 18.2 Å². The molecule has 5 aliphatic rings. The van der Waals surface area contributed by atoms with Gasteiger partial charge in [-0.05, 0) is 59.1 Å². The van der Waals surface area contributed by atoms with Gasteiger partial charge in [0.05, 0.1) is 17.4 Å². The van der Waals surface area contributed by atoms with Gasteiger partial charge in [-0.2, -0.15) is 0 Å². The lowest BCUT2D eigenvalue weighted by Gasteiger charge is -2.63. The highest BCUT2D eigenvalue weighted by Crippen LogP contribution is 2.68. The second-order valence-electron chi connectivity index (χ2n) is 9.63. The maximum atomic E-state index is 13.3. The summed E-state index contributed by atoms with van der Waals surface area (Å²) < 4.78 is 0. The van der Waals surface area contributed by atoms with Crippen LogP contribution in [0.4, 0.5) is 0 Å². The predicted molar refractivity (Wildman–Crippen MR) is 98.8 cm³/mol. The van der Waals surface area contributed by atoms with Crippen molar-refractivity contribution >= 4 is 11.6 Å². The lowest BCUT2D eigenvalue weighted by molar-refractivity contribution is -0.146. The molecule has 5 atom stereocenters. The number of aliphatic hydroxyl groups excluding tert-OH is 1. The molecule has 5 aliphatic carbocycles. The van der Waals surface area contributed by atoms with E-state index in [4.69, 9.17) is 0 Å². The van der Waals surface area contributed by atoms with Gasteiger partial charge in [-0.1, -0.05) is 51.1 Å². The maximum Gasteiger partial charge on any atom is 0.213 e. The highest BCUT2D eigenvalue weighted by Gasteiger charge is 2.66. The number of hydrogen-bond donors (Lipinski definition) is 1. The van der Waals surface area contributed by atoms with E-state index >= 15 is 0 Å². The van der Waals surface area contributed by atoms with Crippen LogP contribution in [0.2, 0.25) is 0 Å². The summed E-state index contributed by atoms with van der Waals surface area (Å²) in [5.74, 6) is -0.516. The summed E-state index contributed by atoms with van der Waals surface area (Å²) in [6.07, 6.45) is 5.01. The van der Waals surface area contributed by atoms with Crippen molar-refractivity contribution in [2.45, 2.75) is 63.9 Å². The zero-order valence-electron chi connectivity index (χ0n) is 15.7. The maximum absolute atomic E-state index is 13.3. The number of Topliss-reactive ketones (excluding diaryl/α,β-unsaturated/α-hetero) is 2. The third-order valence-electron chi connectivity index (χ3n) is 8.33. The first-order valence-electron chi connectivity index (χ1n) is 9.83. The molecule has 26 heavy (non-hydrogen) atoms. The van der Waals surface area contributed by atoms with E-state index in [2.05, 4.69) is 32.9 Å². The first kappa shape index (κ1) is 16.4. The minimum Gasteiger partial charge on any atom is -0.393 e. The molecule has 0 radical (unpaired) electrons. The zero-order chi connectivity index (χ0) is 18.5. The van der Waals surface area contributed by atoms with E-state index in [9.17, 15) is 14.7 Å². The van der Waals surface area contributed by atoms with Crippen molar-refractivity contribution in [3.05, 3.63) is 47.0 Å². The van der Waals surface area contributed by atoms with Gasteiger partial charge in [-0.25, -0.2) is 0 Å². The second-order valence-corrected chi connectivity index (χ2v) is 9.63. The number of ketones is 2. The van der Waals surface area contributed by atoms with Crippen LogP contribution in [0.1, 0.15) is 63.5 Å². The molecule has 0 aromatic heterocycles. The summed E-state index contributed by atoms with van der Waals surface area (Å²) in [6, 6.07) is 8.04.